The van der Waals surface area contributed by atoms with E-state index in [0.717, 1.165) is 30.6 Å². The Morgan fingerprint density at radius 2 is 1.86 bits per heavy atom. The van der Waals surface area contributed by atoms with E-state index in [1.807, 2.05) is 18.2 Å². The third-order valence-electron chi connectivity index (χ3n) is 5.25. The van der Waals surface area contributed by atoms with Crippen LogP contribution in [0.4, 0.5) is 4.39 Å². The van der Waals surface area contributed by atoms with Crippen molar-refractivity contribution < 1.29 is 23.5 Å². The summed E-state index contributed by atoms with van der Waals surface area (Å²) >= 11 is 0. The molecule has 0 aromatic heterocycles. The molecule has 0 spiro atoms. The van der Waals surface area contributed by atoms with Crippen LogP contribution in [0.3, 0.4) is 0 Å². The molecule has 1 saturated heterocycles. The highest BCUT2D eigenvalue weighted by molar-refractivity contribution is 5.96. The van der Waals surface area contributed by atoms with Gasteiger partial charge in [0.25, 0.3) is 5.91 Å². The summed E-state index contributed by atoms with van der Waals surface area (Å²) in [5.41, 5.74) is 0.918. The normalized spacial score (nSPS) is 18.2. The average Bonchev–Trinajstić information content (AvgIpc) is 3.11. The molecule has 2 aliphatic heterocycles. The number of carbonyl (C=O) groups is 2. The van der Waals surface area contributed by atoms with Crippen LogP contribution in [0.1, 0.15) is 41.2 Å². The maximum absolute atomic E-state index is 13.7. The highest BCUT2D eigenvalue weighted by Gasteiger charge is 2.31. The van der Waals surface area contributed by atoms with Crippen LogP contribution in [0.2, 0.25) is 0 Å². The lowest BCUT2D eigenvalue weighted by atomic mass is 10.0. The van der Waals surface area contributed by atoms with Gasteiger partial charge in [-0.1, -0.05) is 18.2 Å². The molecular weight excluding hydrogens is 375 g/mol. The predicted molar refractivity (Wildman–Crippen MR) is 104 cm³/mol. The highest BCUT2D eigenvalue weighted by Crippen LogP contribution is 2.37. The number of benzene rings is 2. The summed E-state index contributed by atoms with van der Waals surface area (Å²) in [6, 6.07) is 11.4. The van der Waals surface area contributed by atoms with Gasteiger partial charge in [0.15, 0.2) is 11.5 Å². The summed E-state index contributed by atoms with van der Waals surface area (Å²) in [6.45, 7) is 1.68. The molecule has 1 atom stereocenters. The Hall–Kier alpha value is -3.09. The molecule has 29 heavy (non-hydrogen) atoms. The SMILES string of the molecule is O=C(NCC(=O)N1CCCC1c1ccc2c(c1)OCCCO2)c1ccccc1F. The quantitative estimate of drug-likeness (QED) is 0.860. The molecule has 1 unspecified atom stereocenters. The molecule has 2 aromatic carbocycles. The molecule has 1 fully saturated rings. The van der Waals surface area contributed by atoms with Gasteiger partial charge in [0.1, 0.15) is 5.82 Å². The minimum absolute atomic E-state index is 0.0684. The zero-order chi connectivity index (χ0) is 20.2. The fourth-order valence-corrected chi connectivity index (χ4v) is 3.80. The van der Waals surface area contributed by atoms with E-state index in [0.29, 0.717) is 25.5 Å². The van der Waals surface area contributed by atoms with Gasteiger partial charge in [-0.05, 0) is 42.7 Å². The van der Waals surface area contributed by atoms with Crippen LogP contribution in [0, 0.1) is 5.82 Å². The number of fused-ring (bicyclic) bond motifs is 1. The Morgan fingerprint density at radius 1 is 1.07 bits per heavy atom. The number of hydrogen-bond acceptors (Lipinski definition) is 4. The molecule has 1 N–H and O–H groups in total. The molecule has 0 bridgehead atoms. The number of carbonyl (C=O) groups excluding carboxylic acids is 2. The second kappa shape index (κ2) is 8.51. The standard InChI is InChI=1S/C22H23FN2O4/c23-17-6-2-1-5-16(17)22(27)24-14-21(26)25-10-3-7-18(25)15-8-9-19-20(13-15)29-12-4-11-28-19/h1-2,5-6,8-9,13,18H,3-4,7,10-12,14H2,(H,24,27). The van der Waals surface area contributed by atoms with E-state index >= 15 is 0 Å². The highest BCUT2D eigenvalue weighted by atomic mass is 19.1. The first-order valence-electron chi connectivity index (χ1n) is 9.85. The van der Waals surface area contributed by atoms with Gasteiger partial charge in [-0.25, -0.2) is 4.39 Å². The topological polar surface area (TPSA) is 67.9 Å². The zero-order valence-electron chi connectivity index (χ0n) is 16.0. The lowest BCUT2D eigenvalue weighted by Gasteiger charge is -2.26. The van der Waals surface area contributed by atoms with Crippen molar-refractivity contribution in [1.82, 2.24) is 10.2 Å². The molecule has 0 saturated carbocycles. The van der Waals surface area contributed by atoms with Crippen LogP contribution < -0.4 is 14.8 Å². The number of halogens is 1. The predicted octanol–water partition coefficient (Wildman–Crippen LogP) is 3.08. The van der Waals surface area contributed by atoms with Gasteiger partial charge >= 0.3 is 0 Å². The van der Waals surface area contributed by atoms with Gasteiger partial charge in [-0.15, -0.1) is 0 Å². The second-order valence-electron chi connectivity index (χ2n) is 7.16. The molecule has 4 rings (SSSR count). The van der Waals surface area contributed by atoms with E-state index in [4.69, 9.17) is 9.47 Å². The third-order valence-corrected chi connectivity index (χ3v) is 5.25. The Kier molecular flexibility index (Phi) is 5.64. The largest absolute Gasteiger partial charge is 0.490 e. The molecule has 2 amide bonds. The van der Waals surface area contributed by atoms with Gasteiger partial charge < -0.3 is 19.7 Å². The van der Waals surface area contributed by atoms with Crippen molar-refractivity contribution in [2.24, 2.45) is 0 Å². The first-order valence-corrected chi connectivity index (χ1v) is 9.85. The maximum atomic E-state index is 13.7. The molecule has 6 nitrogen and oxygen atoms in total. The Bertz CT molecular complexity index is 917. The number of rotatable bonds is 4. The summed E-state index contributed by atoms with van der Waals surface area (Å²) in [5, 5.41) is 2.53. The van der Waals surface area contributed by atoms with Gasteiger partial charge in [0.05, 0.1) is 31.4 Å². The van der Waals surface area contributed by atoms with Crippen LogP contribution >= 0.6 is 0 Å². The molecular formula is C22H23FN2O4. The Labute approximate surface area is 168 Å². The number of hydrogen-bond donors (Lipinski definition) is 1. The van der Waals surface area contributed by atoms with Gasteiger partial charge in [-0.3, -0.25) is 9.59 Å². The number of ether oxygens (including phenoxy) is 2. The second-order valence-corrected chi connectivity index (χ2v) is 7.16. The number of likely N-dealkylation sites (tertiary alicyclic amines) is 1. The smallest absolute Gasteiger partial charge is 0.254 e. The third kappa shape index (κ3) is 4.18. The van der Waals surface area contributed by atoms with Crippen molar-refractivity contribution >= 4 is 11.8 Å². The summed E-state index contributed by atoms with van der Waals surface area (Å²) < 4.78 is 25.2. The van der Waals surface area contributed by atoms with Crippen molar-refractivity contribution in [3.8, 4) is 11.5 Å². The lowest BCUT2D eigenvalue weighted by Crippen LogP contribution is -2.40. The van der Waals surface area contributed by atoms with Crippen LogP contribution in [-0.2, 0) is 4.79 Å². The van der Waals surface area contributed by atoms with Crippen molar-refractivity contribution in [1.29, 1.82) is 0 Å². The van der Waals surface area contributed by atoms with Crippen LogP contribution in [0.25, 0.3) is 0 Å². The summed E-state index contributed by atoms with van der Waals surface area (Å²) in [6.07, 6.45) is 2.55. The van der Waals surface area contributed by atoms with E-state index in [2.05, 4.69) is 5.32 Å². The number of nitrogens with zero attached hydrogens (tertiary/aromatic N) is 1. The molecule has 7 heteroatoms. The summed E-state index contributed by atoms with van der Waals surface area (Å²) in [5.74, 6) is 0.0298. The number of nitrogens with one attached hydrogen (secondary N) is 1. The zero-order valence-corrected chi connectivity index (χ0v) is 16.0. The van der Waals surface area contributed by atoms with Crippen molar-refractivity contribution in [3.63, 3.8) is 0 Å². The fraction of sp³-hybridized carbons (Fsp3) is 0.364. The molecule has 2 heterocycles. The van der Waals surface area contributed by atoms with Crippen molar-refractivity contribution in [3.05, 3.63) is 59.4 Å². The van der Waals surface area contributed by atoms with Gasteiger partial charge in [-0.2, -0.15) is 0 Å². The molecule has 2 aliphatic rings. The fourth-order valence-electron chi connectivity index (χ4n) is 3.80. The lowest BCUT2D eigenvalue weighted by molar-refractivity contribution is -0.131. The van der Waals surface area contributed by atoms with Crippen molar-refractivity contribution in [2.45, 2.75) is 25.3 Å². The molecule has 152 valence electrons. The van der Waals surface area contributed by atoms with Crippen LogP contribution in [0.15, 0.2) is 42.5 Å². The first kappa shape index (κ1) is 19.2. The minimum Gasteiger partial charge on any atom is -0.490 e. The van der Waals surface area contributed by atoms with Crippen LogP contribution in [0.5, 0.6) is 11.5 Å². The first-order chi connectivity index (χ1) is 14.1. The monoisotopic (exact) mass is 398 g/mol. The number of amides is 2. The van der Waals surface area contributed by atoms with E-state index in [1.54, 1.807) is 11.0 Å². The van der Waals surface area contributed by atoms with E-state index in [1.165, 1.54) is 18.2 Å². The maximum Gasteiger partial charge on any atom is 0.254 e. The van der Waals surface area contributed by atoms with Gasteiger partial charge in [0, 0.05) is 13.0 Å². The van der Waals surface area contributed by atoms with E-state index < -0.39 is 11.7 Å². The molecule has 0 aliphatic carbocycles. The van der Waals surface area contributed by atoms with Gasteiger partial charge in [0.2, 0.25) is 5.91 Å². The van der Waals surface area contributed by atoms with Crippen LogP contribution in [-0.4, -0.2) is 43.0 Å². The summed E-state index contributed by atoms with van der Waals surface area (Å²) in [7, 11) is 0. The Morgan fingerprint density at radius 3 is 2.69 bits per heavy atom. The van der Waals surface area contributed by atoms with Crippen molar-refractivity contribution in [2.75, 3.05) is 26.3 Å². The average molecular weight is 398 g/mol. The molecule has 2 aromatic rings. The molecule has 0 radical (unpaired) electrons. The van der Waals surface area contributed by atoms with E-state index in [9.17, 15) is 14.0 Å². The minimum atomic E-state index is -0.608. The summed E-state index contributed by atoms with van der Waals surface area (Å²) in [4.78, 5) is 26.7. The Balaban J connectivity index is 1.43. The van der Waals surface area contributed by atoms with E-state index in [-0.39, 0.29) is 24.1 Å².